The van der Waals surface area contributed by atoms with Crippen LogP contribution < -0.4 is 0 Å². The summed E-state index contributed by atoms with van der Waals surface area (Å²) < 4.78 is 75.0. The van der Waals surface area contributed by atoms with Crippen molar-refractivity contribution in [3.05, 3.63) is 41.6 Å². The molecule has 0 spiro atoms. The van der Waals surface area contributed by atoms with Gasteiger partial charge in [0.25, 0.3) is 0 Å². The number of benzene rings is 1. The van der Waals surface area contributed by atoms with Gasteiger partial charge in [-0.3, -0.25) is 0 Å². The van der Waals surface area contributed by atoms with E-state index in [1.165, 1.54) is 6.07 Å². The molecule has 0 atom stereocenters. The SMILES string of the molecule is FC(F)(F)c1c[c]c2cccc(C(F)(F)F)c2n1. The first-order chi connectivity index (χ1) is 8.19. The molecular weight excluding hydrogens is 260 g/mol. The van der Waals surface area contributed by atoms with Crippen molar-refractivity contribution in [3.63, 3.8) is 0 Å². The van der Waals surface area contributed by atoms with Crippen LogP contribution in [0.5, 0.6) is 0 Å². The van der Waals surface area contributed by atoms with Crippen molar-refractivity contribution in [3.8, 4) is 0 Å². The van der Waals surface area contributed by atoms with Gasteiger partial charge in [0.2, 0.25) is 0 Å². The third-order valence-corrected chi connectivity index (χ3v) is 2.23. The molecule has 0 aliphatic heterocycles. The lowest BCUT2D eigenvalue weighted by Gasteiger charge is -2.11. The van der Waals surface area contributed by atoms with Gasteiger partial charge < -0.3 is 0 Å². The van der Waals surface area contributed by atoms with Crippen LogP contribution in [0.2, 0.25) is 0 Å². The third-order valence-electron chi connectivity index (χ3n) is 2.23. The normalized spacial score (nSPS) is 13.0. The first kappa shape index (κ1) is 12.7. The number of rotatable bonds is 0. The fourth-order valence-corrected chi connectivity index (χ4v) is 1.45. The lowest BCUT2D eigenvalue weighted by molar-refractivity contribution is -0.142. The Labute approximate surface area is 97.1 Å². The molecular formula is C11H4F6N. The van der Waals surface area contributed by atoms with Gasteiger partial charge in [-0.25, -0.2) is 4.98 Å². The van der Waals surface area contributed by atoms with Gasteiger partial charge in [-0.15, -0.1) is 0 Å². The van der Waals surface area contributed by atoms with Crippen molar-refractivity contribution < 1.29 is 26.3 Å². The molecule has 1 aromatic heterocycles. The van der Waals surface area contributed by atoms with Crippen LogP contribution in [-0.2, 0) is 12.4 Å². The summed E-state index contributed by atoms with van der Waals surface area (Å²) in [6.45, 7) is 0. The highest BCUT2D eigenvalue weighted by Gasteiger charge is 2.36. The monoisotopic (exact) mass is 264 g/mol. The predicted molar refractivity (Wildman–Crippen MR) is 50.6 cm³/mol. The predicted octanol–water partition coefficient (Wildman–Crippen LogP) is 4.07. The van der Waals surface area contributed by atoms with E-state index in [1.54, 1.807) is 0 Å². The summed E-state index contributed by atoms with van der Waals surface area (Å²) in [6.07, 6.45) is -9.56. The molecule has 2 aromatic rings. The summed E-state index contributed by atoms with van der Waals surface area (Å²) in [4.78, 5) is 3.04. The number of halogens is 6. The van der Waals surface area contributed by atoms with Crippen LogP contribution >= 0.6 is 0 Å². The molecule has 0 unspecified atom stereocenters. The summed E-state index contributed by atoms with van der Waals surface area (Å²) >= 11 is 0. The Kier molecular flexibility index (Phi) is 2.71. The van der Waals surface area contributed by atoms with E-state index in [4.69, 9.17) is 0 Å². The molecule has 1 nitrogen and oxygen atoms in total. The summed E-state index contributed by atoms with van der Waals surface area (Å²) in [5.74, 6) is 0. The molecule has 0 aliphatic rings. The number of alkyl halides is 6. The van der Waals surface area contributed by atoms with Crippen LogP contribution in [0, 0.1) is 6.07 Å². The maximum Gasteiger partial charge on any atom is 0.433 e. The highest BCUT2D eigenvalue weighted by atomic mass is 19.4. The lowest BCUT2D eigenvalue weighted by Crippen LogP contribution is -2.11. The first-order valence-electron chi connectivity index (χ1n) is 4.65. The highest BCUT2D eigenvalue weighted by Crippen LogP contribution is 2.35. The van der Waals surface area contributed by atoms with Crippen molar-refractivity contribution in [1.29, 1.82) is 0 Å². The van der Waals surface area contributed by atoms with E-state index in [9.17, 15) is 26.3 Å². The zero-order valence-corrected chi connectivity index (χ0v) is 8.52. The van der Waals surface area contributed by atoms with Crippen LogP contribution in [0.1, 0.15) is 11.3 Å². The second-order valence-corrected chi connectivity index (χ2v) is 3.48. The van der Waals surface area contributed by atoms with Gasteiger partial charge in [0, 0.05) is 5.39 Å². The minimum absolute atomic E-state index is 0.113. The van der Waals surface area contributed by atoms with Crippen molar-refractivity contribution in [2.45, 2.75) is 12.4 Å². The van der Waals surface area contributed by atoms with Crippen LogP contribution in [0.3, 0.4) is 0 Å². The minimum atomic E-state index is -4.80. The second kappa shape index (κ2) is 3.86. The molecule has 2 rings (SSSR count). The molecule has 0 amide bonds. The molecule has 0 saturated heterocycles. The molecule has 1 radical (unpaired) electrons. The maximum absolute atomic E-state index is 12.6. The topological polar surface area (TPSA) is 12.9 Å². The van der Waals surface area contributed by atoms with Gasteiger partial charge in [0.05, 0.1) is 11.1 Å². The molecule has 0 saturated carbocycles. The standard InChI is InChI=1S/C11H4F6N/c12-10(13,14)7-3-1-2-6-4-5-8(11(15,16)17)18-9(6)7/h1-3,5H. The van der Waals surface area contributed by atoms with E-state index in [0.717, 1.165) is 6.07 Å². The Morgan fingerprint density at radius 1 is 0.944 bits per heavy atom. The highest BCUT2D eigenvalue weighted by molar-refractivity contribution is 5.82. The van der Waals surface area contributed by atoms with Crippen LogP contribution in [-0.4, -0.2) is 4.98 Å². The molecule has 0 bridgehead atoms. The maximum atomic E-state index is 12.6. The smallest absolute Gasteiger partial charge is 0.243 e. The summed E-state index contributed by atoms with van der Waals surface area (Å²) in [7, 11) is 0. The van der Waals surface area contributed by atoms with Crippen molar-refractivity contribution in [2.24, 2.45) is 0 Å². The molecule has 0 N–H and O–H groups in total. The number of hydrogen-bond donors (Lipinski definition) is 0. The van der Waals surface area contributed by atoms with Gasteiger partial charge in [0.15, 0.2) is 0 Å². The molecule has 18 heavy (non-hydrogen) atoms. The fourth-order valence-electron chi connectivity index (χ4n) is 1.45. The van der Waals surface area contributed by atoms with Gasteiger partial charge in [0.1, 0.15) is 5.69 Å². The number of aromatic nitrogens is 1. The van der Waals surface area contributed by atoms with Gasteiger partial charge in [-0.05, 0) is 18.2 Å². The van der Waals surface area contributed by atoms with Gasteiger partial charge in [-0.1, -0.05) is 12.1 Å². The molecule has 7 heteroatoms. The average Bonchev–Trinajstić information content (AvgIpc) is 2.25. The molecule has 1 heterocycles. The number of pyridine rings is 1. The number of hydrogen-bond acceptors (Lipinski definition) is 1. The van der Waals surface area contributed by atoms with E-state index in [0.29, 0.717) is 12.1 Å². The Bertz CT molecular complexity index is 584. The van der Waals surface area contributed by atoms with Crippen molar-refractivity contribution in [2.75, 3.05) is 0 Å². The molecule has 95 valence electrons. The zero-order chi connectivity index (χ0) is 13.6. The Morgan fingerprint density at radius 3 is 2.17 bits per heavy atom. The van der Waals surface area contributed by atoms with Crippen LogP contribution in [0.25, 0.3) is 10.9 Å². The summed E-state index contributed by atoms with van der Waals surface area (Å²) in [5, 5.41) is -0.113. The van der Waals surface area contributed by atoms with Crippen LogP contribution in [0.4, 0.5) is 26.3 Å². The lowest BCUT2D eigenvalue weighted by atomic mass is 10.1. The van der Waals surface area contributed by atoms with E-state index in [1.807, 2.05) is 0 Å². The van der Waals surface area contributed by atoms with E-state index in [-0.39, 0.29) is 5.39 Å². The quantitative estimate of drug-likeness (QED) is 0.653. The number of fused-ring (bicyclic) bond motifs is 1. The fraction of sp³-hybridized carbons (Fsp3) is 0.182. The largest absolute Gasteiger partial charge is 0.433 e. The first-order valence-corrected chi connectivity index (χ1v) is 4.65. The second-order valence-electron chi connectivity index (χ2n) is 3.48. The molecule has 0 aliphatic carbocycles. The van der Waals surface area contributed by atoms with E-state index < -0.39 is 29.1 Å². The summed E-state index contributed by atoms with van der Waals surface area (Å²) in [6, 6.07) is 5.68. The number of para-hydroxylation sites is 1. The van der Waals surface area contributed by atoms with E-state index >= 15 is 0 Å². The Balaban J connectivity index is 2.74. The third kappa shape index (κ3) is 2.25. The van der Waals surface area contributed by atoms with Crippen molar-refractivity contribution in [1.82, 2.24) is 4.98 Å². The zero-order valence-electron chi connectivity index (χ0n) is 8.52. The summed E-state index contributed by atoms with van der Waals surface area (Å²) in [5.41, 5.74) is -3.35. The van der Waals surface area contributed by atoms with Gasteiger partial charge in [-0.2, -0.15) is 26.3 Å². The van der Waals surface area contributed by atoms with Crippen molar-refractivity contribution >= 4 is 10.9 Å². The van der Waals surface area contributed by atoms with E-state index in [2.05, 4.69) is 11.1 Å². The average molecular weight is 264 g/mol. The van der Waals surface area contributed by atoms with Gasteiger partial charge >= 0.3 is 12.4 Å². The molecule has 1 aromatic carbocycles. The van der Waals surface area contributed by atoms with Crippen LogP contribution in [0.15, 0.2) is 24.3 Å². The molecule has 0 fully saturated rings. The number of nitrogens with zero attached hydrogens (tertiary/aromatic N) is 1. The Hall–Kier alpha value is -1.79. The minimum Gasteiger partial charge on any atom is -0.243 e. The Morgan fingerprint density at radius 2 is 1.61 bits per heavy atom.